The summed E-state index contributed by atoms with van der Waals surface area (Å²) in [4.78, 5) is 31.3. The van der Waals surface area contributed by atoms with Gasteiger partial charge < -0.3 is 4.74 Å². The standard InChI is InChI=1S/C22H17F3N2O3S/c1-2-30-18(29)12-27-17(28)11-26-19(13-6-5-7-14(10-13)22(23,24)25)21-20(27)15-8-3-4-9-16(15)31-21/h3-10H,2,11-12H2,1H3. The molecule has 1 aliphatic heterocycles. The van der Waals surface area contributed by atoms with Crippen molar-refractivity contribution >= 4 is 44.7 Å². The first-order valence-electron chi connectivity index (χ1n) is 9.49. The Morgan fingerprint density at radius 2 is 1.97 bits per heavy atom. The first kappa shape index (κ1) is 21.0. The number of carbonyl (C=O) groups excluding carboxylic acids is 2. The maximum atomic E-state index is 13.3. The molecule has 1 aliphatic rings. The molecule has 1 aromatic heterocycles. The summed E-state index contributed by atoms with van der Waals surface area (Å²) in [7, 11) is 0. The Labute approximate surface area is 179 Å². The molecule has 2 heterocycles. The van der Waals surface area contributed by atoms with Crippen molar-refractivity contribution in [3.63, 3.8) is 0 Å². The number of hydrogen-bond donors (Lipinski definition) is 0. The molecule has 31 heavy (non-hydrogen) atoms. The highest BCUT2D eigenvalue weighted by Gasteiger charge is 2.33. The van der Waals surface area contributed by atoms with Crippen molar-refractivity contribution in [1.82, 2.24) is 0 Å². The summed E-state index contributed by atoms with van der Waals surface area (Å²) >= 11 is 1.32. The van der Waals surface area contributed by atoms with E-state index in [1.54, 1.807) is 13.0 Å². The van der Waals surface area contributed by atoms with E-state index >= 15 is 0 Å². The third kappa shape index (κ3) is 4.05. The number of hydrogen-bond acceptors (Lipinski definition) is 5. The Bertz CT molecular complexity index is 1200. The van der Waals surface area contributed by atoms with Crippen LogP contribution in [0.2, 0.25) is 0 Å². The molecule has 0 bridgehead atoms. The van der Waals surface area contributed by atoms with E-state index in [0.717, 1.165) is 22.2 Å². The van der Waals surface area contributed by atoms with Gasteiger partial charge in [0.25, 0.3) is 0 Å². The molecule has 2 aromatic carbocycles. The van der Waals surface area contributed by atoms with E-state index in [1.807, 2.05) is 18.2 Å². The quantitative estimate of drug-likeness (QED) is 0.548. The molecule has 9 heteroatoms. The van der Waals surface area contributed by atoms with Crippen molar-refractivity contribution in [2.24, 2.45) is 4.99 Å². The number of esters is 1. The first-order valence-corrected chi connectivity index (χ1v) is 10.3. The Hall–Kier alpha value is -3.20. The molecule has 0 saturated heterocycles. The Morgan fingerprint density at radius 1 is 1.19 bits per heavy atom. The zero-order valence-corrected chi connectivity index (χ0v) is 17.2. The summed E-state index contributed by atoms with van der Waals surface area (Å²) in [6.07, 6.45) is -4.50. The molecule has 0 radical (unpaired) electrons. The highest BCUT2D eigenvalue weighted by molar-refractivity contribution is 7.22. The second-order valence-electron chi connectivity index (χ2n) is 6.80. The summed E-state index contributed by atoms with van der Waals surface area (Å²) in [6, 6.07) is 12.2. The third-order valence-corrected chi connectivity index (χ3v) is 5.95. The molecule has 0 spiro atoms. The molecule has 4 rings (SSSR count). The van der Waals surface area contributed by atoms with Crippen LogP contribution < -0.4 is 4.90 Å². The number of anilines is 1. The SMILES string of the molecule is CCOC(=O)CN1C(=O)CN=C(c2cccc(C(F)(F)F)c2)c2sc3ccccc3c21. The number of thiophene rings is 1. The Kier molecular flexibility index (Phi) is 5.53. The molecule has 3 aromatic rings. The molecule has 1 amide bonds. The average Bonchev–Trinajstić information content (AvgIpc) is 3.05. The molecule has 0 atom stereocenters. The van der Waals surface area contributed by atoms with E-state index in [-0.39, 0.29) is 25.3 Å². The molecular formula is C22H17F3N2O3S. The lowest BCUT2D eigenvalue weighted by molar-refractivity contribution is -0.142. The van der Waals surface area contributed by atoms with E-state index in [2.05, 4.69) is 4.99 Å². The predicted octanol–water partition coefficient (Wildman–Crippen LogP) is 4.67. The van der Waals surface area contributed by atoms with Gasteiger partial charge in [0.2, 0.25) is 5.91 Å². The van der Waals surface area contributed by atoms with E-state index in [0.29, 0.717) is 16.3 Å². The van der Waals surface area contributed by atoms with Crippen LogP contribution in [0.3, 0.4) is 0 Å². The van der Waals surface area contributed by atoms with Gasteiger partial charge in [-0.1, -0.05) is 30.3 Å². The van der Waals surface area contributed by atoms with Crippen LogP contribution in [0.4, 0.5) is 18.9 Å². The van der Waals surface area contributed by atoms with Gasteiger partial charge in [-0.2, -0.15) is 13.2 Å². The number of halogens is 3. The summed E-state index contributed by atoms with van der Waals surface area (Å²) in [5.74, 6) is -1.00. The maximum absolute atomic E-state index is 13.3. The second kappa shape index (κ2) is 8.14. The van der Waals surface area contributed by atoms with Crippen molar-refractivity contribution in [2.75, 3.05) is 24.6 Å². The summed E-state index contributed by atoms with van der Waals surface area (Å²) < 4.78 is 45.6. The molecule has 0 aliphatic carbocycles. The molecule has 0 fully saturated rings. The highest BCUT2D eigenvalue weighted by atomic mass is 32.1. The Balaban J connectivity index is 1.90. The van der Waals surface area contributed by atoms with Crippen molar-refractivity contribution in [3.8, 4) is 0 Å². The first-order chi connectivity index (χ1) is 14.8. The topological polar surface area (TPSA) is 59.0 Å². The number of alkyl halides is 3. The lowest BCUT2D eigenvalue weighted by Crippen LogP contribution is -2.37. The van der Waals surface area contributed by atoms with Crippen LogP contribution in [0.5, 0.6) is 0 Å². The van der Waals surface area contributed by atoms with Gasteiger partial charge >= 0.3 is 12.1 Å². The van der Waals surface area contributed by atoms with Crippen LogP contribution in [0.1, 0.15) is 22.9 Å². The van der Waals surface area contributed by atoms with Gasteiger partial charge in [-0.15, -0.1) is 11.3 Å². The zero-order chi connectivity index (χ0) is 22.2. The number of carbonyl (C=O) groups is 2. The number of ether oxygens (including phenoxy) is 1. The minimum absolute atomic E-state index is 0.171. The number of benzene rings is 2. The number of nitrogens with zero attached hydrogens (tertiary/aromatic N) is 2. The second-order valence-corrected chi connectivity index (χ2v) is 7.86. The molecule has 0 saturated carbocycles. The van der Waals surface area contributed by atoms with E-state index in [1.165, 1.54) is 28.4 Å². The van der Waals surface area contributed by atoms with E-state index < -0.39 is 23.6 Å². The van der Waals surface area contributed by atoms with Gasteiger partial charge in [0.05, 0.1) is 28.4 Å². The van der Waals surface area contributed by atoms with Gasteiger partial charge in [-0.25, -0.2) is 0 Å². The lowest BCUT2D eigenvalue weighted by Gasteiger charge is -2.20. The zero-order valence-electron chi connectivity index (χ0n) is 16.4. The van der Waals surface area contributed by atoms with Crippen molar-refractivity contribution in [2.45, 2.75) is 13.1 Å². The smallest absolute Gasteiger partial charge is 0.416 e. The largest absolute Gasteiger partial charge is 0.465 e. The summed E-state index contributed by atoms with van der Waals surface area (Å²) in [5, 5.41) is 0.724. The lowest BCUT2D eigenvalue weighted by atomic mass is 10.0. The third-order valence-electron chi connectivity index (χ3n) is 4.78. The number of fused-ring (bicyclic) bond motifs is 3. The molecule has 5 nitrogen and oxygen atoms in total. The molecule has 0 N–H and O–H groups in total. The minimum Gasteiger partial charge on any atom is -0.465 e. The molecule has 0 unspecified atom stereocenters. The van der Waals surface area contributed by atoms with Crippen molar-refractivity contribution < 1.29 is 27.5 Å². The summed E-state index contributed by atoms with van der Waals surface area (Å²) in [5.41, 5.74) is 0.219. The van der Waals surface area contributed by atoms with Gasteiger partial charge in [-0.05, 0) is 25.1 Å². The summed E-state index contributed by atoms with van der Waals surface area (Å²) in [6.45, 7) is 1.25. The van der Waals surface area contributed by atoms with Crippen LogP contribution in [-0.2, 0) is 20.5 Å². The fourth-order valence-corrected chi connectivity index (χ4v) is 4.69. The highest BCUT2D eigenvalue weighted by Crippen LogP contribution is 2.41. The van der Waals surface area contributed by atoms with Crippen LogP contribution in [-0.4, -0.2) is 37.3 Å². The van der Waals surface area contributed by atoms with Gasteiger partial charge in [-0.3, -0.25) is 19.5 Å². The van der Waals surface area contributed by atoms with E-state index in [9.17, 15) is 22.8 Å². The molecule has 160 valence electrons. The van der Waals surface area contributed by atoms with Gasteiger partial charge in [0.15, 0.2) is 0 Å². The van der Waals surface area contributed by atoms with E-state index in [4.69, 9.17) is 4.74 Å². The number of rotatable bonds is 4. The monoisotopic (exact) mass is 446 g/mol. The number of aliphatic imine (C=N–C) groups is 1. The van der Waals surface area contributed by atoms with Gasteiger partial charge in [0.1, 0.15) is 13.1 Å². The van der Waals surface area contributed by atoms with Crippen molar-refractivity contribution in [1.29, 1.82) is 0 Å². The molecular weight excluding hydrogens is 429 g/mol. The van der Waals surface area contributed by atoms with Crippen LogP contribution in [0.25, 0.3) is 10.1 Å². The maximum Gasteiger partial charge on any atom is 0.416 e. The minimum atomic E-state index is -4.50. The average molecular weight is 446 g/mol. The van der Waals surface area contributed by atoms with Crippen LogP contribution >= 0.6 is 11.3 Å². The predicted molar refractivity (Wildman–Crippen MR) is 113 cm³/mol. The Morgan fingerprint density at radius 3 is 2.71 bits per heavy atom. The van der Waals surface area contributed by atoms with Crippen LogP contribution in [0.15, 0.2) is 53.5 Å². The normalized spacial score (nSPS) is 14.3. The van der Waals surface area contributed by atoms with Gasteiger partial charge in [0, 0.05) is 15.6 Å². The number of amides is 1. The van der Waals surface area contributed by atoms with Crippen LogP contribution in [0, 0.1) is 0 Å². The fraction of sp³-hybridized carbons (Fsp3) is 0.227. The van der Waals surface area contributed by atoms with Crippen molar-refractivity contribution in [3.05, 3.63) is 64.5 Å². The fourth-order valence-electron chi connectivity index (χ4n) is 3.46.